The highest BCUT2D eigenvalue weighted by Crippen LogP contribution is 2.37. The summed E-state index contributed by atoms with van der Waals surface area (Å²) in [5.41, 5.74) is 6.12. The summed E-state index contributed by atoms with van der Waals surface area (Å²) in [6.45, 7) is 2.71. The number of benzene rings is 2. The fourth-order valence-electron chi connectivity index (χ4n) is 4.35. The number of halogens is 3. The van der Waals surface area contributed by atoms with Gasteiger partial charge in [-0.2, -0.15) is 13.9 Å². The number of amides is 1. The highest BCUT2D eigenvalue weighted by atomic mass is 32.2. The van der Waals surface area contributed by atoms with Crippen LogP contribution < -0.4 is 20.5 Å². The first-order chi connectivity index (χ1) is 20.0. The van der Waals surface area contributed by atoms with Gasteiger partial charge in [0.25, 0.3) is 15.9 Å². The third kappa shape index (κ3) is 6.18. The van der Waals surface area contributed by atoms with Crippen molar-refractivity contribution in [3.8, 4) is 17.0 Å². The van der Waals surface area contributed by atoms with E-state index in [9.17, 15) is 26.4 Å². The summed E-state index contributed by atoms with van der Waals surface area (Å²) < 4.78 is 82.0. The minimum Gasteiger partial charge on any atom is -0.484 e. The van der Waals surface area contributed by atoms with Crippen molar-refractivity contribution in [2.75, 3.05) is 23.3 Å². The third-order valence-electron chi connectivity index (χ3n) is 6.51. The number of sulfonamides is 1. The molecule has 222 valence electrons. The Balaban J connectivity index is 1.49. The summed E-state index contributed by atoms with van der Waals surface area (Å²) in [6, 6.07) is 10.8. The number of alkyl halides is 2. The first-order valence-corrected chi connectivity index (χ1v) is 14.1. The molecule has 1 aliphatic rings. The van der Waals surface area contributed by atoms with Crippen LogP contribution in [0.5, 0.6) is 5.75 Å². The lowest BCUT2D eigenvalue weighted by molar-refractivity contribution is 0.100. The number of nitrogens with two attached hydrogens (primary N) is 1. The molecule has 1 unspecified atom stereocenters. The van der Waals surface area contributed by atoms with Crippen LogP contribution in [0, 0.1) is 5.82 Å². The molecule has 0 aliphatic carbocycles. The van der Waals surface area contributed by atoms with Crippen LogP contribution in [0.4, 0.5) is 30.5 Å². The molecule has 1 aliphatic heterocycles. The Labute approximate surface area is 237 Å². The van der Waals surface area contributed by atoms with E-state index >= 15 is 0 Å². The SMILES string of the molecule is C[C@H](Oc1cc(-c2n[nH]c(Nc3cc(C4CCOC4)on3)c2C(N)=O)ccc1NS(=O)(=O)C(F)F)c1ccc(F)cc1. The van der Waals surface area contributed by atoms with Gasteiger partial charge in [0.1, 0.15) is 40.5 Å². The van der Waals surface area contributed by atoms with Crippen LogP contribution in [0.1, 0.15) is 47.0 Å². The van der Waals surface area contributed by atoms with Gasteiger partial charge < -0.3 is 25.0 Å². The second-order valence-corrected chi connectivity index (χ2v) is 11.1. The Hall–Kier alpha value is -4.57. The number of ether oxygens (including phenoxy) is 2. The average Bonchev–Trinajstić information content (AvgIpc) is 3.71. The fourth-order valence-corrected chi connectivity index (χ4v) is 4.91. The van der Waals surface area contributed by atoms with Crippen LogP contribution in [0.2, 0.25) is 0 Å². The van der Waals surface area contributed by atoms with Gasteiger partial charge in [-0.3, -0.25) is 14.6 Å². The minimum absolute atomic E-state index is 0.0534. The Bertz CT molecular complexity index is 1690. The van der Waals surface area contributed by atoms with Gasteiger partial charge in [-0.1, -0.05) is 23.4 Å². The highest BCUT2D eigenvalue weighted by Gasteiger charge is 2.28. The van der Waals surface area contributed by atoms with Gasteiger partial charge >= 0.3 is 5.76 Å². The molecule has 1 amide bonds. The van der Waals surface area contributed by atoms with Crippen molar-refractivity contribution in [3.05, 3.63) is 71.2 Å². The number of anilines is 3. The number of nitrogens with one attached hydrogen (secondary N) is 3. The van der Waals surface area contributed by atoms with Crippen LogP contribution in [0.15, 0.2) is 53.1 Å². The lowest BCUT2D eigenvalue weighted by Crippen LogP contribution is -2.21. The standard InChI is InChI=1S/C26H25F3N6O6S/c1-13(14-2-5-17(27)6-3-14)40-20-10-15(4-7-18(20)35-42(37,38)26(28)29)23-22(24(30)36)25(33-32-23)31-21-11-19(41-34-21)16-8-9-39-12-16/h2-7,10-11,13,16,26,35H,8-9,12H2,1H3,(H2,30,36)(H2,31,32,33,34)/t13-,16?/m0/s1. The normalized spacial score (nSPS) is 16.0. The highest BCUT2D eigenvalue weighted by molar-refractivity contribution is 7.93. The summed E-state index contributed by atoms with van der Waals surface area (Å²) in [7, 11) is -5.06. The molecule has 3 heterocycles. The van der Waals surface area contributed by atoms with Crippen LogP contribution in [-0.2, 0) is 14.8 Å². The zero-order valence-corrected chi connectivity index (χ0v) is 22.8. The Kier molecular flexibility index (Phi) is 8.08. The lowest BCUT2D eigenvalue weighted by Gasteiger charge is -2.19. The molecule has 16 heteroatoms. The Morgan fingerprint density at radius 2 is 1.95 bits per heavy atom. The molecule has 42 heavy (non-hydrogen) atoms. The van der Waals surface area contributed by atoms with E-state index in [1.54, 1.807) is 13.0 Å². The average molecular weight is 607 g/mol. The van der Waals surface area contributed by atoms with Crippen LogP contribution >= 0.6 is 0 Å². The number of aromatic nitrogens is 3. The molecule has 0 bridgehead atoms. The van der Waals surface area contributed by atoms with E-state index in [0.717, 1.165) is 6.42 Å². The van der Waals surface area contributed by atoms with Crippen molar-refractivity contribution in [2.45, 2.75) is 31.1 Å². The summed E-state index contributed by atoms with van der Waals surface area (Å²) >= 11 is 0. The number of hydrogen-bond acceptors (Lipinski definition) is 9. The van der Waals surface area contributed by atoms with Crippen LogP contribution in [-0.4, -0.2) is 48.7 Å². The van der Waals surface area contributed by atoms with Crippen molar-refractivity contribution in [3.63, 3.8) is 0 Å². The van der Waals surface area contributed by atoms with Gasteiger partial charge in [0.15, 0.2) is 5.82 Å². The molecule has 0 saturated carbocycles. The molecule has 0 radical (unpaired) electrons. The van der Waals surface area contributed by atoms with Crippen LogP contribution in [0.25, 0.3) is 11.3 Å². The van der Waals surface area contributed by atoms with E-state index in [1.807, 2.05) is 4.72 Å². The number of nitrogens with zero attached hydrogens (tertiary/aromatic N) is 2. The molecule has 4 aromatic rings. The third-order valence-corrected chi connectivity index (χ3v) is 7.48. The minimum atomic E-state index is -5.06. The van der Waals surface area contributed by atoms with Crippen molar-refractivity contribution < 1.29 is 40.4 Å². The monoisotopic (exact) mass is 606 g/mol. The molecular formula is C26H25F3N6O6S. The van der Waals surface area contributed by atoms with Gasteiger partial charge in [-0.15, -0.1) is 0 Å². The van der Waals surface area contributed by atoms with Crippen LogP contribution in [0.3, 0.4) is 0 Å². The van der Waals surface area contributed by atoms with Gasteiger partial charge in [-0.25, -0.2) is 12.8 Å². The predicted octanol–water partition coefficient (Wildman–Crippen LogP) is 4.65. The number of hydrogen-bond donors (Lipinski definition) is 4. The smallest absolute Gasteiger partial charge is 0.355 e. The maximum absolute atomic E-state index is 13.4. The topological polar surface area (TPSA) is 174 Å². The first-order valence-electron chi connectivity index (χ1n) is 12.6. The second-order valence-electron chi connectivity index (χ2n) is 9.42. The number of H-pyrrole nitrogens is 1. The van der Waals surface area contributed by atoms with Crippen molar-refractivity contribution >= 4 is 33.3 Å². The zero-order chi connectivity index (χ0) is 30.0. The molecule has 12 nitrogen and oxygen atoms in total. The number of carbonyl (C=O) groups excluding carboxylic acids is 1. The van der Waals surface area contributed by atoms with Gasteiger partial charge in [0, 0.05) is 24.2 Å². The molecule has 2 aromatic heterocycles. The van der Waals surface area contributed by atoms with E-state index in [0.29, 0.717) is 24.5 Å². The molecule has 2 atom stereocenters. The van der Waals surface area contributed by atoms with Gasteiger partial charge in [0.2, 0.25) is 0 Å². The van der Waals surface area contributed by atoms with Crippen molar-refractivity contribution in [2.24, 2.45) is 5.73 Å². The number of rotatable bonds is 11. The number of primary amides is 1. The number of aromatic amines is 1. The maximum Gasteiger partial charge on any atom is 0.355 e. The van der Waals surface area contributed by atoms with Gasteiger partial charge in [0.05, 0.1) is 12.3 Å². The van der Waals surface area contributed by atoms with E-state index < -0.39 is 33.6 Å². The fraction of sp³-hybridized carbons (Fsp3) is 0.269. The van der Waals surface area contributed by atoms with E-state index in [1.165, 1.54) is 42.5 Å². The first kappa shape index (κ1) is 28.9. The largest absolute Gasteiger partial charge is 0.484 e. The Morgan fingerprint density at radius 1 is 1.19 bits per heavy atom. The predicted molar refractivity (Wildman–Crippen MR) is 144 cm³/mol. The summed E-state index contributed by atoms with van der Waals surface area (Å²) in [5, 5.41) is 13.8. The molecule has 5 rings (SSSR count). The van der Waals surface area contributed by atoms with E-state index in [-0.39, 0.29) is 45.8 Å². The number of carbonyl (C=O) groups is 1. The molecule has 5 N–H and O–H groups in total. The zero-order valence-electron chi connectivity index (χ0n) is 21.9. The molecule has 1 saturated heterocycles. The van der Waals surface area contributed by atoms with Crippen molar-refractivity contribution in [1.29, 1.82) is 0 Å². The molecular weight excluding hydrogens is 581 g/mol. The van der Waals surface area contributed by atoms with E-state index in [4.69, 9.17) is 19.7 Å². The summed E-state index contributed by atoms with van der Waals surface area (Å²) in [4.78, 5) is 12.5. The summed E-state index contributed by atoms with van der Waals surface area (Å²) in [6.07, 6.45) is 0.0116. The summed E-state index contributed by atoms with van der Waals surface area (Å²) in [5.74, 6) is -4.17. The molecule has 2 aromatic carbocycles. The Morgan fingerprint density at radius 3 is 2.62 bits per heavy atom. The maximum atomic E-state index is 13.4. The van der Waals surface area contributed by atoms with Gasteiger partial charge in [-0.05, 0) is 43.2 Å². The second kappa shape index (κ2) is 11.7. The van der Waals surface area contributed by atoms with Crippen molar-refractivity contribution in [1.82, 2.24) is 15.4 Å². The van der Waals surface area contributed by atoms with E-state index in [2.05, 4.69) is 20.7 Å². The lowest BCUT2D eigenvalue weighted by atomic mass is 10.1. The quantitative estimate of drug-likeness (QED) is 0.189. The molecule has 1 fully saturated rings. The molecule has 0 spiro atoms.